The zero-order valence-corrected chi connectivity index (χ0v) is 11.1. The van der Waals surface area contributed by atoms with E-state index in [1.54, 1.807) is 0 Å². The van der Waals surface area contributed by atoms with Gasteiger partial charge in [-0.3, -0.25) is 9.89 Å². The summed E-state index contributed by atoms with van der Waals surface area (Å²) in [6, 6.07) is -0.0205. The number of nitrogens with two attached hydrogens (primary N) is 1. The maximum Gasteiger partial charge on any atom is 0.230 e. The molecule has 1 aromatic heterocycles. The van der Waals surface area contributed by atoms with Crippen molar-refractivity contribution < 1.29 is 4.79 Å². The summed E-state index contributed by atoms with van der Waals surface area (Å²) < 4.78 is 0. The molecule has 5 nitrogen and oxygen atoms in total. The Balaban J connectivity index is 2.04. The lowest BCUT2D eigenvalue weighted by atomic mass is 9.94. The van der Waals surface area contributed by atoms with Crippen molar-refractivity contribution in [3.05, 3.63) is 11.3 Å². The van der Waals surface area contributed by atoms with Gasteiger partial charge < -0.3 is 11.1 Å². The number of carbonyl (C=O) groups is 1. The molecular formula is C13H22N4O. The van der Waals surface area contributed by atoms with Crippen LogP contribution in [0.2, 0.25) is 0 Å². The fourth-order valence-corrected chi connectivity index (χ4v) is 2.48. The molecule has 2 atom stereocenters. The first-order chi connectivity index (χ1) is 8.59. The summed E-state index contributed by atoms with van der Waals surface area (Å²) in [5, 5.41) is 9.87. The van der Waals surface area contributed by atoms with E-state index in [-0.39, 0.29) is 17.9 Å². The van der Waals surface area contributed by atoms with Crippen molar-refractivity contribution in [2.75, 3.05) is 5.32 Å². The molecule has 1 aliphatic rings. The molecule has 2 unspecified atom stereocenters. The van der Waals surface area contributed by atoms with Gasteiger partial charge in [-0.05, 0) is 26.7 Å². The number of nitrogens with one attached hydrogen (secondary N) is 2. The molecule has 1 saturated carbocycles. The number of anilines is 1. The number of nitrogens with zero attached hydrogens (tertiary/aromatic N) is 1. The highest BCUT2D eigenvalue weighted by Gasteiger charge is 2.27. The summed E-state index contributed by atoms with van der Waals surface area (Å²) >= 11 is 0. The second-order valence-electron chi connectivity index (χ2n) is 5.22. The molecule has 0 bridgehead atoms. The molecule has 1 amide bonds. The summed E-state index contributed by atoms with van der Waals surface area (Å²) in [5.41, 5.74) is 8.06. The zero-order chi connectivity index (χ0) is 13.1. The third kappa shape index (κ3) is 2.72. The van der Waals surface area contributed by atoms with Crippen LogP contribution in [0.5, 0.6) is 0 Å². The summed E-state index contributed by atoms with van der Waals surface area (Å²) in [6.07, 6.45) is 5.22. The molecule has 5 heteroatoms. The van der Waals surface area contributed by atoms with Crippen molar-refractivity contribution in [2.24, 2.45) is 11.7 Å². The van der Waals surface area contributed by atoms with E-state index in [9.17, 15) is 4.79 Å². The SMILES string of the molecule is Cc1[nH]nc(NC(=O)C2CCCCCC2N)c1C. The van der Waals surface area contributed by atoms with Crippen LogP contribution in [-0.4, -0.2) is 22.1 Å². The molecule has 0 radical (unpaired) electrons. The Morgan fingerprint density at radius 3 is 2.72 bits per heavy atom. The van der Waals surface area contributed by atoms with Crippen molar-refractivity contribution in [2.45, 2.75) is 52.0 Å². The summed E-state index contributed by atoms with van der Waals surface area (Å²) in [5.74, 6) is 0.567. The van der Waals surface area contributed by atoms with E-state index in [0.29, 0.717) is 5.82 Å². The van der Waals surface area contributed by atoms with Crippen molar-refractivity contribution in [3.63, 3.8) is 0 Å². The first kappa shape index (κ1) is 13.1. The fraction of sp³-hybridized carbons (Fsp3) is 0.692. The molecule has 1 heterocycles. The Bertz CT molecular complexity index is 427. The second kappa shape index (κ2) is 5.52. The van der Waals surface area contributed by atoms with E-state index < -0.39 is 0 Å². The lowest BCUT2D eigenvalue weighted by Crippen LogP contribution is -2.38. The smallest absolute Gasteiger partial charge is 0.230 e. The van der Waals surface area contributed by atoms with E-state index in [4.69, 9.17) is 5.73 Å². The molecule has 0 saturated heterocycles. The third-order valence-corrected chi connectivity index (χ3v) is 3.90. The minimum absolute atomic E-state index is 0.0130. The summed E-state index contributed by atoms with van der Waals surface area (Å²) in [7, 11) is 0. The van der Waals surface area contributed by atoms with Crippen molar-refractivity contribution >= 4 is 11.7 Å². The molecule has 1 fully saturated rings. The lowest BCUT2D eigenvalue weighted by Gasteiger charge is -2.20. The van der Waals surface area contributed by atoms with Crippen molar-refractivity contribution in [1.29, 1.82) is 0 Å². The van der Waals surface area contributed by atoms with Gasteiger partial charge in [-0.1, -0.05) is 19.3 Å². The number of amides is 1. The first-order valence-corrected chi connectivity index (χ1v) is 6.67. The number of hydrogen-bond acceptors (Lipinski definition) is 3. The Morgan fingerprint density at radius 2 is 2.06 bits per heavy atom. The summed E-state index contributed by atoms with van der Waals surface area (Å²) in [4.78, 5) is 12.2. The van der Waals surface area contributed by atoms with Crippen LogP contribution in [-0.2, 0) is 4.79 Å². The standard InChI is InChI=1S/C13H22N4O/c1-8-9(2)16-17-12(8)15-13(18)10-6-4-3-5-7-11(10)14/h10-11H,3-7,14H2,1-2H3,(H2,15,16,17,18). The number of rotatable bonds is 2. The van der Waals surface area contributed by atoms with Crippen LogP contribution in [0.25, 0.3) is 0 Å². The zero-order valence-electron chi connectivity index (χ0n) is 11.1. The molecule has 4 N–H and O–H groups in total. The van der Waals surface area contributed by atoms with Crippen LogP contribution in [0, 0.1) is 19.8 Å². The molecule has 1 aliphatic carbocycles. The monoisotopic (exact) mass is 250 g/mol. The number of aromatic nitrogens is 2. The Kier molecular flexibility index (Phi) is 4.01. The minimum Gasteiger partial charge on any atom is -0.327 e. The Morgan fingerprint density at radius 1 is 1.33 bits per heavy atom. The molecule has 0 aliphatic heterocycles. The van der Waals surface area contributed by atoms with Crippen molar-refractivity contribution in [3.8, 4) is 0 Å². The average Bonchev–Trinajstić information content (AvgIpc) is 2.57. The summed E-state index contributed by atoms with van der Waals surface area (Å²) in [6.45, 7) is 3.89. The molecule has 2 rings (SSSR count). The topological polar surface area (TPSA) is 83.8 Å². The number of aromatic amines is 1. The van der Waals surface area contributed by atoms with Crippen LogP contribution < -0.4 is 11.1 Å². The van der Waals surface area contributed by atoms with Gasteiger partial charge in [0.2, 0.25) is 5.91 Å². The van der Waals surface area contributed by atoms with E-state index in [2.05, 4.69) is 15.5 Å². The maximum atomic E-state index is 12.2. The molecule has 0 spiro atoms. The predicted molar refractivity (Wildman–Crippen MR) is 71.2 cm³/mol. The number of carbonyl (C=O) groups excluding carboxylic acids is 1. The molecule has 100 valence electrons. The lowest BCUT2D eigenvalue weighted by molar-refractivity contribution is -0.120. The van der Waals surface area contributed by atoms with E-state index >= 15 is 0 Å². The first-order valence-electron chi connectivity index (χ1n) is 6.67. The van der Waals surface area contributed by atoms with Crippen molar-refractivity contribution in [1.82, 2.24) is 10.2 Å². The van der Waals surface area contributed by atoms with Gasteiger partial charge in [0.25, 0.3) is 0 Å². The maximum absolute atomic E-state index is 12.2. The van der Waals surface area contributed by atoms with E-state index in [1.807, 2.05) is 13.8 Å². The molecule has 18 heavy (non-hydrogen) atoms. The van der Waals surface area contributed by atoms with E-state index in [1.165, 1.54) is 6.42 Å². The van der Waals surface area contributed by atoms with Gasteiger partial charge in [-0.25, -0.2) is 0 Å². The minimum atomic E-state index is -0.0797. The van der Waals surface area contributed by atoms with Crippen LogP contribution in [0.4, 0.5) is 5.82 Å². The van der Waals surface area contributed by atoms with Gasteiger partial charge >= 0.3 is 0 Å². The molecule has 1 aromatic rings. The normalized spacial score (nSPS) is 24.6. The Hall–Kier alpha value is -1.36. The van der Waals surface area contributed by atoms with Crippen LogP contribution in [0.15, 0.2) is 0 Å². The van der Waals surface area contributed by atoms with Crippen LogP contribution >= 0.6 is 0 Å². The van der Waals surface area contributed by atoms with Gasteiger partial charge in [0, 0.05) is 17.3 Å². The highest BCUT2D eigenvalue weighted by molar-refractivity contribution is 5.92. The quantitative estimate of drug-likeness (QED) is 0.701. The van der Waals surface area contributed by atoms with Gasteiger partial charge in [0.05, 0.1) is 5.92 Å². The van der Waals surface area contributed by atoms with Crippen LogP contribution in [0.1, 0.15) is 43.4 Å². The molecular weight excluding hydrogens is 228 g/mol. The largest absolute Gasteiger partial charge is 0.327 e. The highest BCUT2D eigenvalue weighted by atomic mass is 16.2. The van der Waals surface area contributed by atoms with Gasteiger partial charge in [-0.2, -0.15) is 5.10 Å². The van der Waals surface area contributed by atoms with Gasteiger partial charge in [-0.15, -0.1) is 0 Å². The number of H-pyrrole nitrogens is 1. The average molecular weight is 250 g/mol. The predicted octanol–water partition coefficient (Wildman–Crippen LogP) is 1.87. The fourth-order valence-electron chi connectivity index (χ4n) is 2.48. The van der Waals surface area contributed by atoms with Gasteiger partial charge in [0.15, 0.2) is 5.82 Å². The van der Waals surface area contributed by atoms with Gasteiger partial charge in [0.1, 0.15) is 0 Å². The Labute approximate surface area is 108 Å². The van der Waals surface area contributed by atoms with Crippen LogP contribution in [0.3, 0.4) is 0 Å². The second-order valence-corrected chi connectivity index (χ2v) is 5.22. The van der Waals surface area contributed by atoms with E-state index in [0.717, 1.165) is 36.9 Å². The number of aryl methyl sites for hydroxylation is 1. The highest BCUT2D eigenvalue weighted by Crippen LogP contribution is 2.24. The third-order valence-electron chi connectivity index (χ3n) is 3.90. The molecule has 0 aromatic carbocycles. The number of hydrogen-bond donors (Lipinski definition) is 3.